The molecule has 0 amide bonds. The van der Waals surface area contributed by atoms with E-state index < -0.39 is 0 Å². The lowest BCUT2D eigenvalue weighted by molar-refractivity contribution is 0.215. The summed E-state index contributed by atoms with van der Waals surface area (Å²) in [6, 6.07) is 0. The fourth-order valence-corrected chi connectivity index (χ4v) is 2.86. The first-order chi connectivity index (χ1) is 5.72. The van der Waals surface area contributed by atoms with E-state index >= 15 is 0 Å². The van der Waals surface area contributed by atoms with E-state index in [2.05, 4.69) is 0 Å². The molecule has 1 atom stereocenters. The van der Waals surface area contributed by atoms with Crippen LogP contribution in [0.2, 0.25) is 0 Å². The van der Waals surface area contributed by atoms with Crippen molar-refractivity contribution in [3.63, 3.8) is 0 Å². The largest absolute Gasteiger partial charge is 0.394 e. The minimum absolute atomic E-state index is 0.188. The Labute approximate surface area is 74.1 Å². The fraction of sp³-hybridized carbons (Fsp3) is 1.00. The van der Waals surface area contributed by atoms with E-state index in [4.69, 9.17) is 10.8 Å². The molecule has 0 heterocycles. The maximum Gasteiger partial charge on any atom is 0.0616 e. The summed E-state index contributed by atoms with van der Waals surface area (Å²) in [4.78, 5) is 0. The monoisotopic (exact) mass is 169 g/mol. The number of rotatable bonds is 1. The van der Waals surface area contributed by atoms with Crippen LogP contribution in [0.5, 0.6) is 0 Å². The zero-order chi connectivity index (χ0) is 8.66. The number of aliphatic hydroxyl groups excluding tert-OH is 1. The molecule has 0 saturated heterocycles. The molecular formula is C10H19NO. The predicted molar refractivity (Wildman–Crippen MR) is 48.8 cm³/mol. The third kappa shape index (κ3) is 1.09. The van der Waals surface area contributed by atoms with E-state index in [0.717, 1.165) is 6.42 Å². The molecule has 2 heteroatoms. The van der Waals surface area contributed by atoms with E-state index in [0.29, 0.717) is 5.41 Å². The Morgan fingerprint density at radius 2 is 1.67 bits per heavy atom. The van der Waals surface area contributed by atoms with Crippen molar-refractivity contribution in [3.05, 3.63) is 0 Å². The van der Waals surface area contributed by atoms with E-state index in [-0.39, 0.29) is 12.1 Å². The van der Waals surface area contributed by atoms with Gasteiger partial charge in [-0.3, -0.25) is 0 Å². The van der Waals surface area contributed by atoms with Gasteiger partial charge in [0.15, 0.2) is 0 Å². The van der Waals surface area contributed by atoms with Gasteiger partial charge in [0.2, 0.25) is 0 Å². The van der Waals surface area contributed by atoms with Crippen molar-refractivity contribution in [2.24, 2.45) is 11.1 Å². The molecule has 0 aliphatic heterocycles. The van der Waals surface area contributed by atoms with Crippen LogP contribution in [0.25, 0.3) is 0 Å². The highest BCUT2D eigenvalue weighted by molar-refractivity contribution is 5.19. The lowest BCUT2D eigenvalue weighted by Crippen LogP contribution is -2.34. The molecule has 1 unspecified atom stereocenters. The Morgan fingerprint density at radius 1 is 1.08 bits per heavy atom. The Bertz CT molecular complexity index is 173. The average Bonchev–Trinajstić information content (AvgIpc) is 2.73. The molecule has 0 aromatic heterocycles. The van der Waals surface area contributed by atoms with Gasteiger partial charge in [0.25, 0.3) is 0 Å². The second kappa shape index (κ2) is 2.71. The van der Waals surface area contributed by atoms with Crippen molar-refractivity contribution >= 4 is 0 Å². The van der Waals surface area contributed by atoms with Gasteiger partial charge in [-0.25, -0.2) is 0 Å². The van der Waals surface area contributed by atoms with Crippen molar-refractivity contribution in [1.29, 1.82) is 0 Å². The van der Waals surface area contributed by atoms with Crippen molar-refractivity contribution in [1.82, 2.24) is 0 Å². The van der Waals surface area contributed by atoms with E-state index in [1.54, 1.807) is 0 Å². The third-order valence-corrected chi connectivity index (χ3v) is 3.93. The summed E-state index contributed by atoms with van der Waals surface area (Å²) in [5.74, 6) is 0. The standard InChI is InChI=1S/C10H19NO/c11-10(8-12)7-9(10)5-3-1-2-4-6-9/h12H,1-8,11H2. The molecule has 0 aromatic carbocycles. The smallest absolute Gasteiger partial charge is 0.0616 e. The van der Waals surface area contributed by atoms with Crippen LogP contribution in [0, 0.1) is 5.41 Å². The molecule has 3 N–H and O–H groups in total. The van der Waals surface area contributed by atoms with Crippen LogP contribution in [0.1, 0.15) is 44.9 Å². The normalized spacial score (nSPS) is 39.5. The minimum Gasteiger partial charge on any atom is -0.394 e. The van der Waals surface area contributed by atoms with E-state index in [1.807, 2.05) is 0 Å². The number of aliphatic hydroxyl groups is 1. The molecule has 70 valence electrons. The summed E-state index contributed by atoms with van der Waals surface area (Å²) >= 11 is 0. The van der Waals surface area contributed by atoms with Crippen LogP contribution in [-0.4, -0.2) is 17.3 Å². The SMILES string of the molecule is NC1(CO)CC12CCCCCC2. The molecule has 2 fully saturated rings. The first-order valence-electron chi connectivity index (χ1n) is 5.12. The van der Waals surface area contributed by atoms with Gasteiger partial charge in [-0.15, -0.1) is 0 Å². The molecule has 2 nitrogen and oxygen atoms in total. The molecule has 1 spiro atoms. The number of hydrogen-bond donors (Lipinski definition) is 2. The van der Waals surface area contributed by atoms with E-state index in [9.17, 15) is 0 Å². The predicted octanol–water partition coefficient (Wildman–Crippen LogP) is 1.42. The summed E-state index contributed by atoms with van der Waals surface area (Å²) < 4.78 is 0. The average molecular weight is 169 g/mol. The van der Waals surface area contributed by atoms with Gasteiger partial charge in [-0.2, -0.15) is 0 Å². The zero-order valence-electron chi connectivity index (χ0n) is 7.68. The van der Waals surface area contributed by atoms with Crippen LogP contribution < -0.4 is 5.73 Å². The zero-order valence-corrected chi connectivity index (χ0v) is 7.68. The third-order valence-electron chi connectivity index (χ3n) is 3.93. The van der Waals surface area contributed by atoms with Gasteiger partial charge in [0.1, 0.15) is 0 Å². The molecule has 2 aliphatic carbocycles. The highest BCUT2D eigenvalue weighted by atomic mass is 16.3. The Kier molecular flexibility index (Phi) is 1.92. The second-order valence-corrected chi connectivity index (χ2v) is 4.69. The first-order valence-corrected chi connectivity index (χ1v) is 5.12. The Balaban J connectivity index is 2.03. The van der Waals surface area contributed by atoms with Gasteiger partial charge in [-0.1, -0.05) is 25.7 Å². The highest BCUT2D eigenvalue weighted by Gasteiger charge is 2.63. The van der Waals surface area contributed by atoms with Crippen LogP contribution in [0.15, 0.2) is 0 Å². The summed E-state index contributed by atoms with van der Waals surface area (Å²) in [7, 11) is 0. The summed E-state index contributed by atoms with van der Waals surface area (Å²) in [6.45, 7) is 0.188. The van der Waals surface area contributed by atoms with Crippen LogP contribution in [0.4, 0.5) is 0 Å². The maximum atomic E-state index is 9.15. The second-order valence-electron chi connectivity index (χ2n) is 4.69. The summed E-state index contributed by atoms with van der Waals surface area (Å²) in [5, 5.41) is 9.15. The molecule has 0 aromatic rings. The van der Waals surface area contributed by atoms with Gasteiger partial charge < -0.3 is 10.8 Å². The Morgan fingerprint density at radius 3 is 2.08 bits per heavy atom. The fourth-order valence-electron chi connectivity index (χ4n) is 2.86. The lowest BCUT2D eigenvalue weighted by Gasteiger charge is -2.18. The van der Waals surface area contributed by atoms with Crippen molar-refractivity contribution < 1.29 is 5.11 Å². The molecule has 12 heavy (non-hydrogen) atoms. The van der Waals surface area contributed by atoms with Gasteiger partial charge in [0, 0.05) is 5.54 Å². The number of nitrogens with two attached hydrogens (primary N) is 1. The first kappa shape index (κ1) is 8.52. The van der Waals surface area contributed by atoms with Gasteiger partial charge in [-0.05, 0) is 24.7 Å². The molecule has 0 bridgehead atoms. The molecule has 2 rings (SSSR count). The lowest BCUT2D eigenvalue weighted by atomic mass is 9.91. The Hall–Kier alpha value is -0.0800. The van der Waals surface area contributed by atoms with Gasteiger partial charge in [0.05, 0.1) is 6.61 Å². The van der Waals surface area contributed by atoms with Gasteiger partial charge >= 0.3 is 0 Å². The molecule has 2 aliphatic rings. The van der Waals surface area contributed by atoms with Crippen molar-refractivity contribution in [3.8, 4) is 0 Å². The van der Waals surface area contributed by atoms with Crippen LogP contribution in [0.3, 0.4) is 0 Å². The van der Waals surface area contributed by atoms with E-state index in [1.165, 1.54) is 38.5 Å². The van der Waals surface area contributed by atoms with Crippen molar-refractivity contribution in [2.75, 3.05) is 6.61 Å². The molecule has 0 radical (unpaired) electrons. The maximum absolute atomic E-state index is 9.15. The summed E-state index contributed by atoms with van der Waals surface area (Å²) in [6.07, 6.45) is 8.94. The van der Waals surface area contributed by atoms with Crippen molar-refractivity contribution in [2.45, 2.75) is 50.5 Å². The molecular weight excluding hydrogens is 150 g/mol. The number of hydrogen-bond acceptors (Lipinski definition) is 2. The minimum atomic E-state index is -0.197. The molecule has 2 saturated carbocycles. The van der Waals surface area contributed by atoms with Crippen LogP contribution >= 0.6 is 0 Å². The topological polar surface area (TPSA) is 46.2 Å². The summed E-state index contributed by atoms with van der Waals surface area (Å²) in [5.41, 5.74) is 6.22. The quantitative estimate of drug-likeness (QED) is 0.623. The highest BCUT2D eigenvalue weighted by Crippen LogP contribution is 2.61. The van der Waals surface area contributed by atoms with Crippen LogP contribution in [-0.2, 0) is 0 Å².